The summed E-state index contributed by atoms with van der Waals surface area (Å²) in [5.41, 5.74) is 9.50. The Bertz CT molecular complexity index is 582. The van der Waals surface area contributed by atoms with Gasteiger partial charge in [-0.1, -0.05) is 6.07 Å². The van der Waals surface area contributed by atoms with Crippen molar-refractivity contribution in [3.8, 4) is 11.5 Å². The maximum Gasteiger partial charge on any atom is 0.162 e. The zero-order chi connectivity index (χ0) is 14.5. The van der Waals surface area contributed by atoms with Gasteiger partial charge in [0.05, 0.1) is 25.6 Å². The molecule has 0 aliphatic carbocycles. The van der Waals surface area contributed by atoms with E-state index in [1.165, 1.54) is 0 Å². The molecule has 1 heterocycles. The van der Waals surface area contributed by atoms with E-state index in [4.69, 9.17) is 15.2 Å². The summed E-state index contributed by atoms with van der Waals surface area (Å²) < 4.78 is 10.5. The van der Waals surface area contributed by atoms with Gasteiger partial charge in [-0.15, -0.1) is 0 Å². The zero-order valence-electron chi connectivity index (χ0n) is 11.9. The maximum atomic E-state index is 6.00. The Morgan fingerprint density at radius 1 is 1.15 bits per heavy atom. The summed E-state index contributed by atoms with van der Waals surface area (Å²) in [6.07, 6.45) is 1.85. The van der Waals surface area contributed by atoms with Crippen LogP contribution in [0, 0.1) is 6.92 Å². The first-order valence-corrected chi connectivity index (χ1v) is 6.31. The van der Waals surface area contributed by atoms with Crippen LogP contribution in [0.15, 0.2) is 30.5 Å². The van der Waals surface area contributed by atoms with Crippen LogP contribution in [0.25, 0.3) is 0 Å². The first-order valence-electron chi connectivity index (χ1n) is 6.31. The highest BCUT2D eigenvalue weighted by atomic mass is 16.5. The first-order chi connectivity index (χ1) is 9.63. The lowest BCUT2D eigenvalue weighted by atomic mass is 10.2. The molecule has 20 heavy (non-hydrogen) atoms. The van der Waals surface area contributed by atoms with Gasteiger partial charge >= 0.3 is 0 Å². The molecule has 0 saturated heterocycles. The number of hydrogen-bond donors (Lipinski definition) is 2. The average molecular weight is 273 g/mol. The van der Waals surface area contributed by atoms with Crippen LogP contribution < -0.4 is 20.5 Å². The largest absolute Gasteiger partial charge is 0.493 e. The van der Waals surface area contributed by atoms with Crippen molar-refractivity contribution < 1.29 is 9.47 Å². The number of benzene rings is 1. The van der Waals surface area contributed by atoms with Gasteiger partial charge in [0.2, 0.25) is 0 Å². The summed E-state index contributed by atoms with van der Waals surface area (Å²) >= 11 is 0. The van der Waals surface area contributed by atoms with E-state index in [1.54, 1.807) is 20.3 Å². The summed E-state index contributed by atoms with van der Waals surface area (Å²) in [5.74, 6) is 1.26. The fourth-order valence-electron chi connectivity index (χ4n) is 1.85. The van der Waals surface area contributed by atoms with Crippen molar-refractivity contribution in [3.05, 3.63) is 41.7 Å². The minimum atomic E-state index is 0.614. The van der Waals surface area contributed by atoms with Gasteiger partial charge in [-0.25, -0.2) is 0 Å². The van der Waals surface area contributed by atoms with Crippen LogP contribution in [-0.2, 0) is 6.54 Å². The van der Waals surface area contributed by atoms with Crippen LogP contribution in [0.1, 0.15) is 11.3 Å². The lowest BCUT2D eigenvalue weighted by Gasteiger charge is -2.14. The number of aromatic nitrogens is 1. The van der Waals surface area contributed by atoms with Crippen LogP contribution in [0.4, 0.5) is 11.4 Å². The number of nitrogens with zero attached hydrogens (tertiary/aromatic N) is 1. The number of methoxy groups -OCH3 is 2. The van der Waals surface area contributed by atoms with Crippen molar-refractivity contribution in [3.63, 3.8) is 0 Å². The van der Waals surface area contributed by atoms with Crippen LogP contribution in [0.5, 0.6) is 11.5 Å². The van der Waals surface area contributed by atoms with Crippen molar-refractivity contribution in [2.45, 2.75) is 13.5 Å². The van der Waals surface area contributed by atoms with E-state index in [0.717, 1.165) is 16.9 Å². The summed E-state index contributed by atoms with van der Waals surface area (Å²) in [6, 6.07) is 7.59. The molecule has 2 aromatic rings. The molecular formula is C15H19N3O2. The standard InChI is InChI=1S/C15H19N3O2/c1-10-4-5-11(8-17-10)9-18-13-7-15(20-3)14(19-2)6-12(13)16/h4-8,18H,9,16H2,1-3H3. The minimum Gasteiger partial charge on any atom is -0.493 e. The summed E-state index contributed by atoms with van der Waals surface area (Å²) in [6.45, 7) is 2.61. The van der Waals surface area contributed by atoms with Gasteiger partial charge in [0.25, 0.3) is 0 Å². The van der Waals surface area contributed by atoms with E-state index >= 15 is 0 Å². The van der Waals surface area contributed by atoms with Crippen LogP contribution >= 0.6 is 0 Å². The second-order valence-corrected chi connectivity index (χ2v) is 4.46. The minimum absolute atomic E-state index is 0.614. The number of nitrogens with two attached hydrogens (primary N) is 1. The molecule has 0 amide bonds. The summed E-state index contributed by atoms with van der Waals surface area (Å²) in [4.78, 5) is 4.26. The number of ether oxygens (including phenoxy) is 2. The smallest absolute Gasteiger partial charge is 0.162 e. The fraction of sp³-hybridized carbons (Fsp3) is 0.267. The highest BCUT2D eigenvalue weighted by Gasteiger charge is 2.08. The van der Waals surface area contributed by atoms with Crippen molar-refractivity contribution in [2.75, 3.05) is 25.3 Å². The van der Waals surface area contributed by atoms with Crippen molar-refractivity contribution in [1.82, 2.24) is 4.98 Å². The number of aryl methyl sites for hydroxylation is 1. The molecule has 5 nitrogen and oxygen atoms in total. The predicted octanol–water partition coefficient (Wildman–Crippen LogP) is 2.60. The van der Waals surface area contributed by atoms with E-state index < -0.39 is 0 Å². The number of nitrogen functional groups attached to an aromatic ring is 1. The molecule has 0 atom stereocenters. The summed E-state index contributed by atoms with van der Waals surface area (Å²) in [5, 5.41) is 3.27. The van der Waals surface area contributed by atoms with Crippen molar-refractivity contribution in [2.24, 2.45) is 0 Å². The molecule has 0 saturated carbocycles. The quantitative estimate of drug-likeness (QED) is 0.819. The number of hydrogen-bond acceptors (Lipinski definition) is 5. The van der Waals surface area contributed by atoms with Crippen LogP contribution in [0.3, 0.4) is 0 Å². The average Bonchev–Trinajstić information content (AvgIpc) is 2.47. The number of nitrogens with one attached hydrogen (secondary N) is 1. The Labute approximate surface area is 118 Å². The molecule has 0 radical (unpaired) electrons. The number of rotatable bonds is 5. The molecule has 0 fully saturated rings. The normalized spacial score (nSPS) is 10.2. The summed E-state index contributed by atoms with van der Waals surface area (Å²) in [7, 11) is 3.18. The molecule has 0 bridgehead atoms. The maximum absolute atomic E-state index is 6.00. The Kier molecular flexibility index (Phi) is 4.30. The highest BCUT2D eigenvalue weighted by molar-refractivity contribution is 5.72. The number of anilines is 2. The van der Waals surface area contributed by atoms with Gasteiger partial charge in [-0.3, -0.25) is 4.98 Å². The SMILES string of the molecule is COc1cc(N)c(NCc2ccc(C)nc2)cc1OC. The molecule has 5 heteroatoms. The fourth-order valence-corrected chi connectivity index (χ4v) is 1.85. The Morgan fingerprint density at radius 3 is 2.45 bits per heavy atom. The third kappa shape index (κ3) is 3.12. The van der Waals surface area contributed by atoms with E-state index in [-0.39, 0.29) is 0 Å². The molecule has 106 valence electrons. The highest BCUT2D eigenvalue weighted by Crippen LogP contribution is 2.34. The molecule has 3 N–H and O–H groups in total. The third-order valence-electron chi connectivity index (χ3n) is 3.01. The van der Waals surface area contributed by atoms with E-state index in [2.05, 4.69) is 10.3 Å². The molecule has 1 aromatic carbocycles. The second-order valence-electron chi connectivity index (χ2n) is 4.46. The monoisotopic (exact) mass is 273 g/mol. The molecule has 2 rings (SSSR count). The van der Waals surface area contributed by atoms with Gasteiger partial charge in [0, 0.05) is 30.6 Å². The van der Waals surface area contributed by atoms with Crippen LogP contribution in [-0.4, -0.2) is 19.2 Å². The Hall–Kier alpha value is -2.43. The topological polar surface area (TPSA) is 69.4 Å². The molecule has 0 aliphatic rings. The van der Waals surface area contributed by atoms with Gasteiger partial charge < -0.3 is 20.5 Å². The molecule has 1 aromatic heterocycles. The number of pyridine rings is 1. The third-order valence-corrected chi connectivity index (χ3v) is 3.01. The van der Waals surface area contributed by atoms with Gasteiger partial charge in [-0.2, -0.15) is 0 Å². The lowest BCUT2D eigenvalue weighted by Crippen LogP contribution is -2.04. The Morgan fingerprint density at radius 2 is 1.85 bits per heavy atom. The first kappa shape index (κ1) is 14.0. The lowest BCUT2D eigenvalue weighted by molar-refractivity contribution is 0.355. The van der Waals surface area contributed by atoms with Gasteiger partial charge in [-0.05, 0) is 18.6 Å². The van der Waals surface area contributed by atoms with Crippen molar-refractivity contribution in [1.29, 1.82) is 0 Å². The predicted molar refractivity (Wildman–Crippen MR) is 80.3 cm³/mol. The zero-order valence-corrected chi connectivity index (χ0v) is 11.9. The van der Waals surface area contributed by atoms with E-state index in [0.29, 0.717) is 23.7 Å². The molecular weight excluding hydrogens is 254 g/mol. The van der Waals surface area contributed by atoms with Gasteiger partial charge in [0.15, 0.2) is 11.5 Å². The van der Waals surface area contributed by atoms with Crippen molar-refractivity contribution >= 4 is 11.4 Å². The van der Waals surface area contributed by atoms with E-state index in [9.17, 15) is 0 Å². The van der Waals surface area contributed by atoms with E-state index in [1.807, 2.05) is 31.3 Å². The molecule has 0 spiro atoms. The Balaban J connectivity index is 2.14. The second kappa shape index (κ2) is 6.14. The van der Waals surface area contributed by atoms with Crippen LogP contribution in [0.2, 0.25) is 0 Å². The molecule has 0 aliphatic heterocycles. The van der Waals surface area contributed by atoms with Gasteiger partial charge in [0.1, 0.15) is 0 Å². The molecule has 0 unspecified atom stereocenters.